The van der Waals surface area contributed by atoms with Crippen LogP contribution in [0, 0.1) is 0 Å². The molecule has 0 aromatic carbocycles. The number of anilines is 2. The number of ketones is 1. The van der Waals surface area contributed by atoms with E-state index in [-0.39, 0.29) is 29.3 Å². The first-order valence-corrected chi connectivity index (χ1v) is 11.4. The quantitative estimate of drug-likeness (QED) is 0.610. The van der Waals surface area contributed by atoms with E-state index in [0.29, 0.717) is 44.0 Å². The zero-order valence-electron chi connectivity index (χ0n) is 18.2. The molecule has 6 rings (SSSR count). The van der Waals surface area contributed by atoms with Gasteiger partial charge >= 0.3 is 0 Å². The molecule has 34 heavy (non-hydrogen) atoms. The van der Waals surface area contributed by atoms with Crippen molar-refractivity contribution in [3.05, 3.63) is 35.9 Å². The normalized spacial score (nSPS) is 22.9. The number of halogens is 2. The van der Waals surface area contributed by atoms with E-state index in [0.717, 1.165) is 18.8 Å². The third-order valence-corrected chi connectivity index (χ3v) is 6.84. The number of hydrogen-bond donors (Lipinski definition) is 1. The van der Waals surface area contributed by atoms with Crippen LogP contribution in [-0.4, -0.2) is 61.4 Å². The lowest BCUT2D eigenvalue weighted by Gasteiger charge is -2.27. The lowest BCUT2D eigenvalue weighted by atomic mass is 9.95. The second-order valence-corrected chi connectivity index (χ2v) is 9.05. The van der Waals surface area contributed by atoms with Crippen molar-refractivity contribution in [1.82, 2.24) is 24.4 Å². The number of alkyl halides is 2. The van der Waals surface area contributed by atoms with Gasteiger partial charge in [0, 0.05) is 37.8 Å². The highest BCUT2D eigenvalue weighted by molar-refractivity contribution is 6.03. The molecule has 1 N–H and O–H groups in total. The highest BCUT2D eigenvalue weighted by Gasteiger charge is 2.39. The number of fused-ring (bicyclic) bond motifs is 3. The van der Waals surface area contributed by atoms with Gasteiger partial charge in [-0.25, -0.2) is 18.3 Å². The molecule has 0 spiro atoms. The predicted molar refractivity (Wildman–Crippen MR) is 116 cm³/mol. The van der Waals surface area contributed by atoms with E-state index in [1.807, 2.05) is 6.07 Å². The number of morpholine rings is 1. The van der Waals surface area contributed by atoms with Crippen LogP contribution in [0.3, 0.4) is 0 Å². The molecule has 2 saturated heterocycles. The Labute approximate surface area is 192 Å². The smallest absolute Gasteiger partial charge is 0.284 e. The summed E-state index contributed by atoms with van der Waals surface area (Å²) < 4.78 is 35.8. The molecule has 0 unspecified atom stereocenters. The van der Waals surface area contributed by atoms with Crippen molar-refractivity contribution < 1.29 is 23.1 Å². The fourth-order valence-electron chi connectivity index (χ4n) is 5.05. The van der Waals surface area contributed by atoms with Crippen LogP contribution >= 0.6 is 0 Å². The average Bonchev–Trinajstić information content (AvgIpc) is 3.61. The Kier molecular flexibility index (Phi) is 5.05. The van der Waals surface area contributed by atoms with E-state index in [2.05, 4.69) is 25.4 Å². The minimum absolute atomic E-state index is 0.0595. The van der Waals surface area contributed by atoms with Gasteiger partial charge in [-0.05, 0) is 25.3 Å². The summed E-state index contributed by atoms with van der Waals surface area (Å²) in [7, 11) is 0. The molecule has 3 aliphatic rings. The molecule has 1 saturated carbocycles. The van der Waals surface area contributed by atoms with Crippen LogP contribution in [0.1, 0.15) is 60.8 Å². The maximum absolute atomic E-state index is 13.6. The fourth-order valence-corrected chi connectivity index (χ4v) is 5.05. The monoisotopic (exact) mass is 471 g/mol. The molecule has 3 fully saturated rings. The molecule has 12 heteroatoms. The molecular weight excluding hydrogens is 448 g/mol. The number of amides is 1. The van der Waals surface area contributed by atoms with Gasteiger partial charge in [-0.3, -0.25) is 14.3 Å². The van der Waals surface area contributed by atoms with E-state index in [4.69, 9.17) is 4.74 Å². The van der Waals surface area contributed by atoms with E-state index in [1.165, 1.54) is 21.5 Å². The molecule has 2 atom stereocenters. The topological polar surface area (TPSA) is 107 Å². The second kappa shape index (κ2) is 8.12. The standard InChI is InChI=1S/C22H23F2N7O3/c23-21(24)20-17(10-31(28-20)12-1-3-14(32)4-2-12)25-22(33)16-8-19-26-18(5-6-30(19)27-16)29-9-15-7-13(29)11-34-15/h5-6,8,10,12-13,15,21H,1-4,7,9,11H2,(H,25,33)/t13-,15-/m1/s1. The number of carbonyl (C=O) groups excluding carboxylic acids is 2. The van der Waals surface area contributed by atoms with E-state index >= 15 is 0 Å². The molecule has 3 aromatic rings. The van der Waals surface area contributed by atoms with E-state index in [1.54, 1.807) is 6.20 Å². The number of hydrogen-bond acceptors (Lipinski definition) is 7. The number of nitrogens with zero attached hydrogens (tertiary/aromatic N) is 6. The van der Waals surface area contributed by atoms with Gasteiger partial charge in [-0.2, -0.15) is 10.2 Å². The summed E-state index contributed by atoms with van der Waals surface area (Å²) in [5.41, 5.74) is -0.00780. The number of Topliss-reactive ketones (excluding diaryl/α,β-unsaturated/α-hetero) is 1. The van der Waals surface area contributed by atoms with Crippen molar-refractivity contribution >= 4 is 28.8 Å². The number of ether oxygens (including phenoxy) is 1. The molecule has 1 aliphatic carbocycles. The van der Waals surface area contributed by atoms with Gasteiger partial charge in [0.1, 0.15) is 11.6 Å². The molecule has 5 heterocycles. The molecule has 2 bridgehead atoms. The predicted octanol–water partition coefficient (Wildman–Crippen LogP) is 2.78. The Morgan fingerprint density at radius 1 is 1.21 bits per heavy atom. The minimum Gasteiger partial charge on any atom is -0.374 e. The summed E-state index contributed by atoms with van der Waals surface area (Å²) in [5, 5.41) is 10.8. The fraction of sp³-hybridized carbons (Fsp3) is 0.500. The summed E-state index contributed by atoms with van der Waals surface area (Å²) in [6.45, 7) is 1.46. The molecule has 1 amide bonds. The van der Waals surface area contributed by atoms with E-state index in [9.17, 15) is 18.4 Å². The zero-order chi connectivity index (χ0) is 23.4. The third-order valence-electron chi connectivity index (χ3n) is 6.84. The van der Waals surface area contributed by atoms with Crippen molar-refractivity contribution in [3.63, 3.8) is 0 Å². The number of carbonyl (C=O) groups is 2. The molecule has 3 aromatic heterocycles. The lowest BCUT2D eigenvalue weighted by Crippen LogP contribution is -2.37. The molecular formula is C22H23F2N7O3. The van der Waals surface area contributed by atoms with Crippen LogP contribution in [-0.2, 0) is 9.53 Å². The number of nitrogens with one attached hydrogen (secondary N) is 1. The maximum atomic E-state index is 13.6. The Morgan fingerprint density at radius 2 is 2.03 bits per heavy atom. The van der Waals surface area contributed by atoms with Crippen molar-refractivity contribution in [1.29, 1.82) is 0 Å². The van der Waals surface area contributed by atoms with Crippen molar-refractivity contribution in [2.24, 2.45) is 0 Å². The van der Waals surface area contributed by atoms with Gasteiger partial charge in [-0.1, -0.05) is 0 Å². The highest BCUT2D eigenvalue weighted by atomic mass is 19.3. The van der Waals surface area contributed by atoms with E-state index < -0.39 is 18.0 Å². The zero-order valence-corrected chi connectivity index (χ0v) is 18.2. The first kappa shape index (κ1) is 21.1. The van der Waals surface area contributed by atoms with Crippen LogP contribution in [0.2, 0.25) is 0 Å². The van der Waals surface area contributed by atoms with Gasteiger partial charge in [0.05, 0.1) is 30.5 Å². The summed E-state index contributed by atoms with van der Waals surface area (Å²) in [6.07, 6.45) is 3.39. The lowest BCUT2D eigenvalue weighted by molar-refractivity contribution is -0.120. The summed E-state index contributed by atoms with van der Waals surface area (Å²) in [5.74, 6) is 0.337. The van der Waals surface area contributed by atoms with Gasteiger partial charge in [0.25, 0.3) is 12.3 Å². The van der Waals surface area contributed by atoms with Crippen LogP contribution in [0.4, 0.5) is 20.3 Å². The SMILES string of the molecule is O=C1CCC(n2cc(NC(=O)c3cc4nc(N5C[C@H]6C[C@@H]5CO6)ccn4n3)c(C(F)F)n2)CC1. The third kappa shape index (κ3) is 3.71. The van der Waals surface area contributed by atoms with Gasteiger partial charge in [0.15, 0.2) is 17.0 Å². The van der Waals surface area contributed by atoms with Gasteiger partial charge in [0.2, 0.25) is 0 Å². The number of aromatic nitrogens is 5. The van der Waals surface area contributed by atoms with Crippen LogP contribution in [0.15, 0.2) is 24.5 Å². The van der Waals surface area contributed by atoms with Crippen molar-refractivity contribution in [3.8, 4) is 0 Å². The molecule has 178 valence electrons. The molecule has 0 radical (unpaired) electrons. The minimum atomic E-state index is -2.85. The summed E-state index contributed by atoms with van der Waals surface area (Å²) in [6, 6.07) is 3.53. The van der Waals surface area contributed by atoms with Gasteiger partial charge < -0.3 is 15.0 Å². The number of rotatable bonds is 5. The van der Waals surface area contributed by atoms with Crippen LogP contribution in [0.25, 0.3) is 5.65 Å². The first-order valence-electron chi connectivity index (χ1n) is 11.4. The Bertz CT molecular complexity index is 1260. The largest absolute Gasteiger partial charge is 0.374 e. The molecule has 10 nitrogen and oxygen atoms in total. The highest BCUT2D eigenvalue weighted by Crippen LogP contribution is 2.33. The summed E-state index contributed by atoms with van der Waals surface area (Å²) >= 11 is 0. The Hall–Kier alpha value is -3.41. The second-order valence-electron chi connectivity index (χ2n) is 9.05. The van der Waals surface area contributed by atoms with Crippen molar-refractivity contribution in [2.75, 3.05) is 23.4 Å². The Balaban J connectivity index is 1.22. The first-order chi connectivity index (χ1) is 16.4. The average molecular weight is 471 g/mol. The van der Waals surface area contributed by atoms with Crippen LogP contribution < -0.4 is 10.2 Å². The van der Waals surface area contributed by atoms with Gasteiger partial charge in [-0.15, -0.1) is 0 Å². The van der Waals surface area contributed by atoms with Crippen molar-refractivity contribution in [2.45, 2.75) is 56.7 Å². The summed E-state index contributed by atoms with van der Waals surface area (Å²) in [4.78, 5) is 31.2. The van der Waals surface area contributed by atoms with Crippen LogP contribution in [0.5, 0.6) is 0 Å². The molecule has 2 aliphatic heterocycles. The maximum Gasteiger partial charge on any atom is 0.284 e. The Morgan fingerprint density at radius 3 is 2.74 bits per heavy atom.